The quantitative estimate of drug-likeness (QED) is 0.127. The molecule has 0 unspecified atom stereocenters. The van der Waals surface area contributed by atoms with E-state index in [0.29, 0.717) is 5.82 Å². The van der Waals surface area contributed by atoms with Crippen LogP contribution in [0.1, 0.15) is 114 Å². The normalized spacial score (nSPS) is 15.8. The van der Waals surface area contributed by atoms with Crippen LogP contribution >= 0.6 is 11.6 Å². The molecule has 0 N–H and O–H groups in total. The summed E-state index contributed by atoms with van der Waals surface area (Å²) in [5.74, 6) is 1.44. The summed E-state index contributed by atoms with van der Waals surface area (Å²) in [5, 5.41) is 0.736. The Morgan fingerprint density at radius 2 is 0.557 bits per heavy atom. The zero-order valence-electron chi connectivity index (χ0n) is 60.7. The maximum absolute atomic E-state index is 6.31. The van der Waals surface area contributed by atoms with E-state index in [2.05, 4.69) is 270 Å². The van der Waals surface area contributed by atoms with Crippen molar-refractivity contribution >= 4 is 24.2 Å². The lowest BCUT2D eigenvalue weighted by Crippen LogP contribution is -2.41. The highest BCUT2D eigenvalue weighted by Crippen LogP contribution is 2.58. The molecule has 19 rings (SSSR count). The minimum absolute atomic E-state index is 0.204. The summed E-state index contributed by atoms with van der Waals surface area (Å²) in [6, 6.07) is 111. The summed E-state index contributed by atoms with van der Waals surface area (Å²) >= 11 is 6.02. The van der Waals surface area contributed by atoms with E-state index in [1.807, 2.05) is 72.8 Å². The molecule has 8 heteroatoms. The number of fused-ring (bicyclic) bond motifs is 10. The van der Waals surface area contributed by atoms with E-state index in [-0.39, 0.29) is 29.2 Å². The van der Waals surface area contributed by atoms with E-state index < -0.39 is 0 Å². The topological polar surface area (TPSA) is 70.0 Å². The molecule has 1 saturated heterocycles. The van der Waals surface area contributed by atoms with Gasteiger partial charge in [-0.05, 0) is 167 Å². The number of hydrogen-bond acceptors (Lipinski definition) is 6. The molecule has 4 aliphatic carbocycles. The molecule has 3 heterocycles. The Balaban J connectivity index is 0.000000124. The van der Waals surface area contributed by atoms with Crippen molar-refractivity contribution in [3.63, 3.8) is 0 Å². The minimum atomic E-state index is -0.306. The van der Waals surface area contributed by atoms with Crippen LogP contribution in [-0.4, -0.2) is 38.3 Å². The predicted molar refractivity (Wildman–Crippen MR) is 439 cm³/mol. The largest absolute Gasteiger partial charge is 0.494 e. The van der Waals surface area contributed by atoms with E-state index in [9.17, 15) is 0 Å². The summed E-state index contributed by atoms with van der Waals surface area (Å²) < 4.78 is 12.6. The van der Waals surface area contributed by atoms with Gasteiger partial charge in [-0.1, -0.05) is 335 Å². The molecule has 3 fully saturated rings. The Bertz CT molecular complexity index is 5340. The Labute approximate surface area is 629 Å². The van der Waals surface area contributed by atoms with Crippen molar-refractivity contribution in [1.82, 2.24) is 19.9 Å². The first kappa shape index (κ1) is 68.2. The molecule has 106 heavy (non-hydrogen) atoms. The third kappa shape index (κ3) is 13.2. The molecular weight excluding hydrogens is 1310 g/mol. The lowest BCUT2D eigenvalue weighted by atomic mass is 9.67. The molecule has 1 aliphatic heterocycles. The Morgan fingerprint density at radius 3 is 0.934 bits per heavy atom. The predicted octanol–water partition coefficient (Wildman–Crippen LogP) is 25.1. The standard InChI is InChI=1S/C46H36N2.C28H19ClN2.C24H29BO2/c1-4-12-35(13-5-1)43-31-44(36-14-6-2-7-15-36)48-45(47-43)37-24-22-33(23-25-37)32-18-20-34(21-19-32)38-26-27-42-40(30-38)39-16-8-9-17-41(39)46(42)28-10-3-11-29-46;29-25-17-15-21(16-18-25)20-11-13-24(14-12-20)28-30-26(22-7-3-1-4-8-22)19-27(31-28)23-9-5-2-6-10-23;1-22(2)23(3,4)27-25(26-22)17-12-13-21-19(16-17)18-10-6-7-11-20(18)24(21)14-8-5-9-15-24/h1-2,4-9,12-27,30-31H,3,10-11,28-29H2;1-19H;6-7,10-13,16H,5,8-9,14-15H2,1-4H3. The zero-order chi connectivity index (χ0) is 71.8. The highest BCUT2D eigenvalue weighted by atomic mass is 35.5. The SMILES string of the molecule is CC1(C)OB(c2ccc3c(c2)-c2ccccc2C32CCCCC2)OC1(C)C.Clc1ccc(-c2ccc(-c3nc(-c4ccccc4)cc(-c4ccccc4)n3)cc2)cc1.c1ccc(-c2cc(-c3ccccc3)nc(-c3ccc(-c4ccc(-c5ccc6c(c5)-c5ccccc5C65CCCCC5)cc4)cc3)n2)cc1. The van der Waals surface area contributed by atoms with E-state index in [0.717, 1.165) is 83.6 Å². The molecular formula is C98H84BClN4O2. The molecule has 12 aromatic carbocycles. The van der Waals surface area contributed by atoms with Gasteiger partial charge in [0.15, 0.2) is 11.6 Å². The van der Waals surface area contributed by atoms with Crippen molar-refractivity contribution < 1.29 is 9.31 Å². The third-order valence-electron chi connectivity index (χ3n) is 23.2. The molecule has 518 valence electrons. The van der Waals surface area contributed by atoms with Crippen molar-refractivity contribution in [2.45, 2.75) is 114 Å². The molecule has 6 nitrogen and oxygen atoms in total. The van der Waals surface area contributed by atoms with Crippen LogP contribution in [0.5, 0.6) is 0 Å². The molecule has 0 amide bonds. The van der Waals surface area contributed by atoms with Gasteiger partial charge in [-0.2, -0.15) is 0 Å². The average molecular weight is 1400 g/mol. The minimum Gasteiger partial charge on any atom is -0.399 e. The fourth-order valence-electron chi connectivity index (χ4n) is 16.9. The van der Waals surface area contributed by atoms with Crippen molar-refractivity contribution in [3.05, 3.63) is 343 Å². The van der Waals surface area contributed by atoms with Gasteiger partial charge < -0.3 is 9.31 Å². The van der Waals surface area contributed by atoms with Gasteiger partial charge in [-0.15, -0.1) is 0 Å². The van der Waals surface area contributed by atoms with Crippen LogP contribution in [0.25, 0.3) is 123 Å². The third-order valence-corrected chi connectivity index (χ3v) is 23.5. The maximum atomic E-state index is 6.31. The number of rotatable bonds is 10. The molecule has 2 spiro atoms. The second-order valence-electron chi connectivity index (χ2n) is 30.2. The first-order valence-electron chi connectivity index (χ1n) is 37.8. The fourth-order valence-corrected chi connectivity index (χ4v) is 17.1. The highest BCUT2D eigenvalue weighted by Gasteiger charge is 2.53. The second kappa shape index (κ2) is 28.8. The molecule has 0 bridgehead atoms. The Kier molecular flexibility index (Phi) is 18.6. The number of benzene rings is 12. The molecule has 0 radical (unpaired) electrons. The van der Waals surface area contributed by atoms with Crippen molar-refractivity contribution in [2.75, 3.05) is 0 Å². The summed E-state index contributed by atoms with van der Waals surface area (Å²) in [4.78, 5) is 19.8. The molecule has 5 aliphatic rings. The van der Waals surface area contributed by atoms with E-state index in [1.165, 1.54) is 125 Å². The lowest BCUT2D eigenvalue weighted by molar-refractivity contribution is 0.00578. The number of nitrogens with zero attached hydrogens (tertiary/aromatic N) is 4. The molecule has 2 aromatic heterocycles. The van der Waals surface area contributed by atoms with Gasteiger partial charge in [-0.3, -0.25) is 0 Å². The summed E-state index contributed by atoms with van der Waals surface area (Å²) in [6.45, 7) is 8.47. The maximum Gasteiger partial charge on any atom is 0.494 e. The first-order valence-corrected chi connectivity index (χ1v) is 38.2. The Hall–Kier alpha value is -10.9. The zero-order valence-corrected chi connectivity index (χ0v) is 61.4. The number of halogens is 1. The van der Waals surface area contributed by atoms with Gasteiger partial charge in [0, 0.05) is 49.2 Å². The monoisotopic (exact) mass is 1390 g/mol. The second-order valence-corrected chi connectivity index (χ2v) is 30.6. The molecule has 14 aromatic rings. The van der Waals surface area contributed by atoms with Crippen LogP contribution in [0.15, 0.2) is 315 Å². The Morgan fingerprint density at radius 1 is 0.264 bits per heavy atom. The molecule has 0 atom stereocenters. The van der Waals surface area contributed by atoms with E-state index >= 15 is 0 Å². The van der Waals surface area contributed by atoms with Crippen LogP contribution in [-0.2, 0) is 20.1 Å². The number of aromatic nitrogens is 4. The fraction of sp³-hybridized carbons (Fsp3) is 0.184. The van der Waals surface area contributed by atoms with Gasteiger partial charge in [-0.25, -0.2) is 19.9 Å². The molecule has 2 saturated carbocycles. The van der Waals surface area contributed by atoms with Gasteiger partial charge in [0.1, 0.15) is 0 Å². The van der Waals surface area contributed by atoms with Crippen LogP contribution < -0.4 is 5.46 Å². The smallest absolute Gasteiger partial charge is 0.399 e. The van der Waals surface area contributed by atoms with E-state index in [1.54, 1.807) is 5.56 Å². The average Bonchev–Trinajstić information content (AvgIpc) is 1.57. The van der Waals surface area contributed by atoms with Crippen molar-refractivity contribution in [1.29, 1.82) is 0 Å². The summed E-state index contributed by atoms with van der Waals surface area (Å²) in [5.41, 5.74) is 29.8. The first-order chi connectivity index (χ1) is 51.8. The van der Waals surface area contributed by atoms with Crippen molar-refractivity contribution in [2.24, 2.45) is 0 Å². The summed E-state index contributed by atoms with van der Waals surface area (Å²) in [6.07, 6.45) is 13.1. The van der Waals surface area contributed by atoms with Crippen LogP contribution in [0.4, 0.5) is 0 Å². The summed E-state index contributed by atoms with van der Waals surface area (Å²) in [7, 11) is -0.296. The van der Waals surface area contributed by atoms with Gasteiger partial charge in [0.25, 0.3) is 0 Å². The van der Waals surface area contributed by atoms with Gasteiger partial charge in [0.05, 0.1) is 34.0 Å². The van der Waals surface area contributed by atoms with Crippen LogP contribution in [0.2, 0.25) is 5.02 Å². The highest BCUT2D eigenvalue weighted by molar-refractivity contribution is 6.62. The number of hydrogen-bond donors (Lipinski definition) is 0. The lowest BCUT2D eigenvalue weighted by Gasteiger charge is -2.36. The van der Waals surface area contributed by atoms with E-state index in [4.69, 9.17) is 40.8 Å². The van der Waals surface area contributed by atoms with Crippen LogP contribution in [0.3, 0.4) is 0 Å². The van der Waals surface area contributed by atoms with Crippen LogP contribution in [0, 0.1) is 0 Å². The van der Waals surface area contributed by atoms with Gasteiger partial charge >= 0.3 is 7.12 Å². The van der Waals surface area contributed by atoms with Crippen molar-refractivity contribution in [3.8, 4) is 123 Å². The van der Waals surface area contributed by atoms with Gasteiger partial charge in [0.2, 0.25) is 0 Å².